The summed E-state index contributed by atoms with van der Waals surface area (Å²) in [5.74, 6) is 1.79. The number of benzene rings is 1. The van der Waals surface area contributed by atoms with Crippen LogP contribution in [0.15, 0.2) is 53.1 Å². The Bertz CT molecular complexity index is 575. The molecule has 116 valence electrons. The zero-order valence-corrected chi connectivity index (χ0v) is 12.5. The quantitative estimate of drug-likeness (QED) is 0.879. The number of nitrogens with zero attached hydrogens (tertiary/aromatic N) is 1. The lowest BCUT2D eigenvalue weighted by Gasteiger charge is -2.31. The Kier molecular flexibility index (Phi) is 4.75. The van der Waals surface area contributed by atoms with E-state index in [0.717, 1.165) is 44.2 Å². The number of nitrogens with one attached hydrogen (secondary N) is 1. The van der Waals surface area contributed by atoms with Gasteiger partial charge in [0.2, 0.25) is 0 Å². The van der Waals surface area contributed by atoms with Gasteiger partial charge in [0.15, 0.2) is 12.4 Å². The molecule has 2 aromatic rings. The number of para-hydroxylation sites is 1. The Morgan fingerprint density at radius 1 is 1.14 bits per heavy atom. The fourth-order valence-electron chi connectivity index (χ4n) is 2.66. The van der Waals surface area contributed by atoms with E-state index in [4.69, 9.17) is 9.15 Å². The van der Waals surface area contributed by atoms with E-state index >= 15 is 0 Å². The number of piperazine rings is 1. The SMILES string of the molecule is O=C(COc1ccccc1)N1CC[NH+](Cc2ccco2)CC1. The molecule has 2 heterocycles. The van der Waals surface area contributed by atoms with Crippen LogP contribution in [0.3, 0.4) is 0 Å². The summed E-state index contributed by atoms with van der Waals surface area (Å²) < 4.78 is 10.9. The van der Waals surface area contributed by atoms with Crippen LogP contribution in [-0.2, 0) is 11.3 Å². The topological polar surface area (TPSA) is 47.1 Å². The number of ether oxygens (including phenoxy) is 1. The molecule has 0 bridgehead atoms. The lowest BCUT2D eigenvalue weighted by atomic mass is 10.3. The highest BCUT2D eigenvalue weighted by atomic mass is 16.5. The highest BCUT2D eigenvalue weighted by Gasteiger charge is 2.24. The Labute approximate surface area is 130 Å². The smallest absolute Gasteiger partial charge is 0.260 e. The number of amides is 1. The fraction of sp³-hybridized carbons (Fsp3) is 0.353. The number of hydrogen-bond donors (Lipinski definition) is 1. The van der Waals surface area contributed by atoms with E-state index in [2.05, 4.69) is 0 Å². The summed E-state index contributed by atoms with van der Waals surface area (Å²) >= 11 is 0. The first-order chi connectivity index (χ1) is 10.8. The predicted octanol–water partition coefficient (Wildman–Crippen LogP) is 0.586. The van der Waals surface area contributed by atoms with Crippen LogP contribution in [0.1, 0.15) is 5.76 Å². The average Bonchev–Trinajstić information content (AvgIpc) is 3.07. The van der Waals surface area contributed by atoms with Gasteiger partial charge >= 0.3 is 0 Å². The maximum absolute atomic E-state index is 12.2. The van der Waals surface area contributed by atoms with Gasteiger partial charge in [0.05, 0.1) is 32.4 Å². The van der Waals surface area contributed by atoms with Crippen LogP contribution in [0, 0.1) is 0 Å². The highest BCUT2D eigenvalue weighted by molar-refractivity contribution is 5.77. The molecular formula is C17H21N2O3+. The molecule has 1 aromatic heterocycles. The van der Waals surface area contributed by atoms with Crippen molar-refractivity contribution in [3.05, 3.63) is 54.5 Å². The lowest BCUT2D eigenvalue weighted by molar-refractivity contribution is -0.918. The number of hydrogen-bond acceptors (Lipinski definition) is 3. The summed E-state index contributed by atoms with van der Waals surface area (Å²) in [6.45, 7) is 4.42. The molecule has 1 amide bonds. The Balaban J connectivity index is 1.42. The van der Waals surface area contributed by atoms with Crippen molar-refractivity contribution in [2.75, 3.05) is 32.8 Å². The number of rotatable bonds is 5. The van der Waals surface area contributed by atoms with Crippen LogP contribution in [0.5, 0.6) is 5.75 Å². The van der Waals surface area contributed by atoms with Gasteiger partial charge in [-0.1, -0.05) is 18.2 Å². The zero-order chi connectivity index (χ0) is 15.2. The minimum Gasteiger partial charge on any atom is -0.484 e. The van der Waals surface area contributed by atoms with Crippen molar-refractivity contribution >= 4 is 5.91 Å². The Hall–Kier alpha value is -2.27. The molecular weight excluding hydrogens is 280 g/mol. The third-order valence-electron chi connectivity index (χ3n) is 3.93. The standard InChI is InChI=1S/C17H20N2O3/c20-17(14-22-15-5-2-1-3-6-15)19-10-8-18(9-11-19)13-16-7-4-12-21-16/h1-7,12H,8-11,13-14H2/p+1. The molecule has 3 rings (SSSR count). The second-order valence-corrected chi connectivity index (χ2v) is 5.49. The number of carbonyl (C=O) groups excluding carboxylic acids is 1. The van der Waals surface area contributed by atoms with Gasteiger partial charge in [0.25, 0.3) is 5.91 Å². The minimum absolute atomic E-state index is 0.0564. The molecule has 5 heteroatoms. The van der Waals surface area contributed by atoms with Crippen molar-refractivity contribution in [3.8, 4) is 5.75 Å². The van der Waals surface area contributed by atoms with Crippen LogP contribution < -0.4 is 9.64 Å². The molecule has 1 aliphatic heterocycles. The molecule has 1 N–H and O–H groups in total. The number of furan rings is 1. The molecule has 0 atom stereocenters. The number of quaternary nitrogens is 1. The maximum Gasteiger partial charge on any atom is 0.260 e. The normalized spacial score (nSPS) is 15.7. The third kappa shape index (κ3) is 3.89. The van der Waals surface area contributed by atoms with E-state index in [-0.39, 0.29) is 12.5 Å². The molecule has 0 radical (unpaired) electrons. The first kappa shape index (κ1) is 14.7. The summed E-state index contributed by atoms with van der Waals surface area (Å²) in [7, 11) is 0. The Morgan fingerprint density at radius 2 is 1.91 bits per heavy atom. The van der Waals surface area contributed by atoms with E-state index in [1.54, 1.807) is 6.26 Å². The van der Waals surface area contributed by atoms with E-state index in [1.165, 1.54) is 4.90 Å². The third-order valence-corrected chi connectivity index (χ3v) is 3.93. The van der Waals surface area contributed by atoms with Gasteiger partial charge in [-0.3, -0.25) is 4.79 Å². The first-order valence-electron chi connectivity index (χ1n) is 7.63. The van der Waals surface area contributed by atoms with Crippen molar-refractivity contribution in [1.29, 1.82) is 0 Å². The van der Waals surface area contributed by atoms with Crippen molar-refractivity contribution in [3.63, 3.8) is 0 Å². The van der Waals surface area contributed by atoms with Gasteiger partial charge in [-0.15, -0.1) is 0 Å². The van der Waals surface area contributed by atoms with E-state index in [1.807, 2.05) is 47.4 Å². The second-order valence-electron chi connectivity index (χ2n) is 5.49. The molecule has 0 saturated carbocycles. The summed E-state index contributed by atoms with van der Waals surface area (Å²) in [4.78, 5) is 15.5. The van der Waals surface area contributed by atoms with Crippen molar-refractivity contribution in [2.45, 2.75) is 6.54 Å². The largest absolute Gasteiger partial charge is 0.484 e. The van der Waals surface area contributed by atoms with Gasteiger partial charge in [0.1, 0.15) is 12.3 Å². The highest BCUT2D eigenvalue weighted by Crippen LogP contribution is 2.08. The monoisotopic (exact) mass is 301 g/mol. The van der Waals surface area contributed by atoms with Crippen molar-refractivity contribution < 1.29 is 18.8 Å². The van der Waals surface area contributed by atoms with Crippen LogP contribution in [-0.4, -0.2) is 43.6 Å². The molecule has 1 aromatic carbocycles. The molecule has 5 nitrogen and oxygen atoms in total. The molecule has 0 unspecified atom stereocenters. The van der Waals surface area contributed by atoms with Crippen LogP contribution in [0.25, 0.3) is 0 Å². The Morgan fingerprint density at radius 3 is 2.59 bits per heavy atom. The van der Waals surface area contributed by atoms with Gasteiger partial charge in [-0.25, -0.2) is 0 Å². The number of carbonyl (C=O) groups is 1. The van der Waals surface area contributed by atoms with E-state index < -0.39 is 0 Å². The van der Waals surface area contributed by atoms with Crippen molar-refractivity contribution in [1.82, 2.24) is 4.90 Å². The second kappa shape index (κ2) is 7.13. The summed E-state index contributed by atoms with van der Waals surface area (Å²) in [5.41, 5.74) is 0. The maximum atomic E-state index is 12.2. The molecule has 1 saturated heterocycles. The lowest BCUT2D eigenvalue weighted by Crippen LogP contribution is -3.13. The van der Waals surface area contributed by atoms with E-state index in [9.17, 15) is 4.79 Å². The molecule has 0 spiro atoms. The fourth-order valence-corrected chi connectivity index (χ4v) is 2.66. The first-order valence-corrected chi connectivity index (χ1v) is 7.63. The summed E-state index contributed by atoms with van der Waals surface area (Å²) in [6, 6.07) is 13.4. The summed E-state index contributed by atoms with van der Waals surface area (Å²) in [5, 5.41) is 0. The van der Waals surface area contributed by atoms with Gasteiger partial charge in [0, 0.05) is 0 Å². The minimum atomic E-state index is 0.0564. The molecule has 0 aliphatic carbocycles. The van der Waals surface area contributed by atoms with Crippen LogP contribution in [0.4, 0.5) is 0 Å². The molecule has 1 aliphatic rings. The average molecular weight is 301 g/mol. The van der Waals surface area contributed by atoms with E-state index in [0.29, 0.717) is 0 Å². The predicted molar refractivity (Wildman–Crippen MR) is 81.6 cm³/mol. The zero-order valence-electron chi connectivity index (χ0n) is 12.5. The van der Waals surface area contributed by atoms with Gasteiger partial charge in [-0.05, 0) is 24.3 Å². The van der Waals surface area contributed by atoms with Crippen LogP contribution >= 0.6 is 0 Å². The molecule has 1 fully saturated rings. The van der Waals surface area contributed by atoms with Gasteiger partial charge in [-0.2, -0.15) is 0 Å². The van der Waals surface area contributed by atoms with Crippen molar-refractivity contribution in [2.24, 2.45) is 0 Å². The summed E-state index contributed by atoms with van der Waals surface area (Å²) in [6.07, 6.45) is 1.70. The van der Waals surface area contributed by atoms with Crippen LogP contribution in [0.2, 0.25) is 0 Å². The molecule has 22 heavy (non-hydrogen) atoms. The van der Waals surface area contributed by atoms with Gasteiger partial charge < -0.3 is 19.0 Å².